The van der Waals surface area contributed by atoms with Gasteiger partial charge in [-0.25, -0.2) is 0 Å². The Hall–Kier alpha value is -1.37. The van der Waals surface area contributed by atoms with Gasteiger partial charge in [0.1, 0.15) is 10.6 Å². The van der Waals surface area contributed by atoms with E-state index in [9.17, 15) is 9.18 Å². The number of nitrogens with zero attached hydrogens (tertiary/aromatic N) is 1. The molecule has 0 saturated heterocycles. The number of halogens is 1. The molecule has 0 bridgehead atoms. The summed E-state index contributed by atoms with van der Waals surface area (Å²) >= 11 is 1.11. The molecular weight excluding hydrogens is 243 g/mol. The standard InChI is InChI=1S/C10H17FN4OS/c1-6(2)14-9(16)7-8(12)15-17-10(7)13-5-3-4-11/h6,13H,3-5H2,1-2H3,(H2,12,15)(H,14,16). The summed E-state index contributed by atoms with van der Waals surface area (Å²) in [5, 5.41) is 6.31. The molecule has 0 aliphatic heterocycles. The lowest BCUT2D eigenvalue weighted by Crippen LogP contribution is -2.30. The number of aromatic nitrogens is 1. The molecule has 0 aromatic carbocycles. The van der Waals surface area contributed by atoms with Gasteiger partial charge >= 0.3 is 0 Å². The van der Waals surface area contributed by atoms with Crippen molar-refractivity contribution in [2.45, 2.75) is 26.3 Å². The van der Waals surface area contributed by atoms with Crippen LogP contribution in [0.25, 0.3) is 0 Å². The van der Waals surface area contributed by atoms with Gasteiger partial charge < -0.3 is 16.4 Å². The largest absolute Gasteiger partial charge is 0.382 e. The fourth-order valence-corrected chi connectivity index (χ4v) is 1.98. The van der Waals surface area contributed by atoms with Gasteiger partial charge in [0.15, 0.2) is 5.82 Å². The number of hydrogen-bond donors (Lipinski definition) is 3. The summed E-state index contributed by atoms with van der Waals surface area (Å²) in [5.41, 5.74) is 6.00. The summed E-state index contributed by atoms with van der Waals surface area (Å²) in [5.74, 6) is -0.0510. The molecule has 0 atom stereocenters. The number of nitrogens with two attached hydrogens (primary N) is 1. The molecule has 5 nitrogen and oxygen atoms in total. The predicted octanol–water partition coefficient (Wildman–Crippen LogP) is 1.63. The smallest absolute Gasteiger partial charge is 0.258 e. The van der Waals surface area contributed by atoms with Gasteiger partial charge in [0, 0.05) is 12.6 Å². The Bertz CT molecular complexity index is 380. The van der Waals surface area contributed by atoms with E-state index in [1.165, 1.54) is 0 Å². The van der Waals surface area contributed by atoms with Crippen molar-refractivity contribution in [3.63, 3.8) is 0 Å². The van der Waals surface area contributed by atoms with E-state index in [4.69, 9.17) is 5.73 Å². The lowest BCUT2D eigenvalue weighted by Gasteiger charge is -2.09. The second kappa shape index (κ2) is 6.39. The van der Waals surface area contributed by atoms with Crippen molar-refractivity contribution in [3.05, 3.63) is 5.56 Å². The molecule has 0 fully saturated rings. The van der Waals surface area contributed by atoms with Crippen LogP contribution in [0.5, 0.6) is 0 Å². The maximum atomic E-state index is 12.0. The van der Waals surface area contributed by atoms with Gasteiger partial charge in [-0.1, -0.05) is 0 Å². The molecule has 0 aliphatic carbocycles. The van der Waals surface area contributed by atoms with Crippen molar-refractivity contribution in [2.75, 3.05) is 24.3 Å². The predicted molar refractivity (Wildman–Crippen MR) is 68.2 cm³/mol. The van der Waals surface area contributed by atoms with Gasteiger partial charge in [0.25, 0.3) is 5.91 Å². The van der Waals surface area contributed by atoms with Crippen molar-refractivity contribution in [3.8, 4) is 0 Å². The molecule has 1 rings (SSSR count). The average Bonchev–Trinajstić information content (AvgIpc) is 2.59. The van der Waals surface area contributed by atoms with Crippen molar-refractivity contribution in [1.29, 1.82) is 0 Å². The monoisotopic (exact) mass is 260 g/mol. The molecular formula is C10H17FN4OS. The number of alkyl halides is 1. The highest BCUT2D eigenvalue weighted by atomic mass is 32.1. The summed E-state index contributed by atoms with van der Waals surface area (Å²) in [4.78, 5) is 11.9. The minimum absolute atomic E-state index is 0.0282. The first kappa shape index (κ1) is 13.7. The molecule has 1 amide bonds. The zero-order valence-corrected chi connectivity index (χ0v) is 10.7. The number of amides is 1. The van der Waals surface area contributed by atoms with E-state index in [2.05, 4.69) is 15.0 Å². The molecule has 0 aliphatic rings. The highest BCUT2D eigenvalue weighted by Gasteiger charge is 2.19. The van der Waals surface area contributed by atoms with Crippen LogP contribution in [-0.2, 0) is 0 Å². The molecule has 0 radical (unpaired) electrons. The van der Waals surface area contributed by atoms with Crippen LogP contribution in [0.4, 0.5) is 15.2 Å². The van der Waals surface area contributed by atoms with E-state index in [0.717, 1.165) is 11.5 Å². The summed E-state index contributed by atoms with van der Waals surface area (Å²) in [6, 6.07) is 0.0282. The van der Waals surface area contributed by atoms with Crippen LogP contribution in [0.1, 0.15) is 30.6 Å². The van der Waals surface area contributed by atoms with Crippen LogP contribution in [-0.4, -0.2) is 29.5 Å². The third-order valence-electron chi connectivity index (χ3n) is 1.96. The van der Waals surface area contributed by atoms with E-state index >= 15 is 0 Å². The molecule has 0 spiro atoms. The van der Waals surface area contributed by atoms with E-state index in [1.54, 1.807) is 0 Å². The molecule has 17 heavy (non-hydrogen) atoms. The third kappa shape index (κ3) is 3.85. The fourth-order valence-electron chi connectivity index (χ4n) is 1.25. The average molecular weight is 260 g/mol. The Labute approximate surface area is 104 Å². The maximum Gasteiger partial charge on any atom is 0.258 e. The maximum absolute atomic E-state index is 12.0. The minimum atomic E-state index is -0.394. The lowest BCUT2D eigenvalue weighted by atomic mass is 10.2. The first-order valence-electron chi connectivity index (χ1n) is 5.42. The molecule has 1 heterocycles. The van der Waals surface area contributed by atoms with Crippen molar-refractivity contribution in [2.24, 2.45) is 0 Å². The van der Waals surface area contributed by atoms with Crippen LogP contribution in [0.15, 0.2) is 0 Å². The summed E-state index contributed by atoms with van der Waals surface area (Å²) in [6.07, 6.45) is 0.392. The molecule has 1 aromatic heterocycles. The Kier molecular flexibility index (Phi) is 5.14. The molecule has 0 unspecified atom stereocenters. The first-order valence-corrected chi connectivity index (χ1v) is 6.19. The van der Waals surface area contributed by atoms with E-state index in [1.807, 2.05) is 13.8 Å². The number of nitrogens with one attached hydrogen (secondary N) is 2. The quantitative estimate of drug-likeness (QED) is 0.679. The van der Waals surface area contributed by atoms with E-state index < -0.39 is 6.67 Å². The van der Waals surface area contributed by atoms with Gasteiger partial charge in [0.05, 0.1) is 6.67 Å². The zero-order chi connectivity index (χ0) is 12.8. The van der Waals surface area contributed by atoms with E-state index in [-0.39, 0.29) is 17.8 Å². The summed E-state index contributed by atoms with van der Waals surface area (Å²) in [6.45, 7) is 3.79. The highest BCUT2D eigenvalue weighted by molar-refractivity contribution is 7.11. The zero-order valence-electron chi connectivity index (χ0n) is 9.92. The Morgan fingerprint density at radius 1 is 1.59 bits per heavy atom. The summed E-state index contributed by atoms with van der Waals surface area (Å²) in [7, 11) is 0. The van der Waals surface area contributed by atoms with Crippen molar-refractivity contribution < 1.29 is 9.18 Å². The number of hydrogen-bond acceptors (Lipinski definition) is 5. The van der Waals surface area contributed by atoms with Gasteiger partial charge in [-0.3, -0.25) is 9.18 Å². The van der Waals surface area contributed by atoms with Crippen LogP contribution in [0.3, 0.4) is 0 Å². The van der Waals surface area contributed by atoms with Crippen molar-refractivity contribution in [1.82, 2.24) is 9.69 Å². The number of carbonyl (C=O) groups is 1. The Balaban J connectivity index is 2.75. The van der Waals surface area contributed by atoms with Gasteiger partial charge in [-0.2, -0.15) is 4.37 Å². The van der Waals surface area contributed by atoms with E-state index in [0.29, 0.717) is 23.5 Å². The third-order valence-corrected chi connectivity index (χ3v) is 2.78. The fraction of sp³-hybridized carbons (Fsp3) is 0.600. The van der Waals surface area contributed by atoms with Crippen LogP contribution in [0, 0.1) is 0 Å². The van der Waals surface area contributed by atoms with Gasteiger partial charge in [-0.05, 0) is 31.8 Å². The van der Waals surface area contributed by atoms with Crippen LogP contribution >= 0.6 is 11.5 Å². The van der Waals surface area contributed by atoms with Crippen LogP contribution in [0.2, 0.25) is 0 Å². The van der Waals surface area contributed by atoms with Gasteiger partial charge in [-0.15, -0.1) is 0 Å². The lowest BCUT2D eigenvalue weighted by molar-refractivity contribution is 0.0945. The second-order valence-electron chi connectivity index (χ2n) is 3.87. The number of carbonyl (C=O) groups excluding carboxylic acids is 1. The first-order chi connectivity index (χ1) is 8.06. The molecule has 96 valence electrons. The number of anilines is 2. The minimum Gasteiger partial charge on any atom is -0.382 e. The SMILES string of the molecule is CC(C)NC(=O)c1c(N)nsc1NCCCF. The topological polar surface area (TPSA) is 80.0 Å². The molecule has 4 N–H and O–H groups in total. The molecule has 7 heteroatoms. The highest BCUT2D eigenvalue weighted by Crippen LogP contribution is 2.26. The normalized spacial score (nSPS) is 10.6. The summed E-state index contributed by atoms with van der Waals surface area (Å²) < 4.78 is 15.9. The number of nitrogen functional groups attached to an aromatic ring is 1. The Morgan fingerprint density at radius 3 is 2.88 bits per heavy atom. The van der Waals surface area contributed by atoms with Gasteiger partial charge in [0.2, 0.25) is 0 Å². The second-order valence-corrected chi connectivity index (χ2v) is 4.64. The Morgan fingerprint density at radius 2 is 2.29 bits per heavy atom. The number of rotatable bonds is 6. The molecule has 1 aromatic rings. The van der Waals surface area contributed by atoms with Crippen molar-refractivity contribution >= 4 is 28.3 Å². The van der Waals surface area contributed by atoms with Crippen LogP contribution < -0.4 is 16.4 Å². The molecule has 0 saturated carbocycles.